The summed E-state index contributed by atoms with van der Waals surface area (Å²) < 4.78 is 0. The Hall–Kier alpha value is -2.23. The second kappa shape index (κ2) is 9.72. The van der Waals surface area contributed by atoms with Crippen molar-refractivity contribution in [1.29, 1.82) is 0 Å². The van der Waals surface area contributed by atoms with E-state index in [4.69, 9.17) is 38.2 Å². The second-order valence-electron chi connectivity index (χ2n) is 4.40. The molecule has 0 atom stereocenters. The van der Waals surface area contributed by atoms with Crippen molar-refractivity contribution in [2.45, 2.75) is 6.92 Å². The van der Waals surface area contributed by atoms with E-state index >= 15 is 0 Å². The van der Waals surface area contributed by atoms with Crippen molar-refractivity contribution < 1.29 is 15.0 Å². The summed E-state index contributed by atoms with van der Waals surface area (Å²) >= 11 is 11.9. The molecule has 0 bridgehead atoms. The van der Waals surface area contributed by atoms with Gasteiger partial charge in [-0.3, -0.25) is 0 Å². The van der Waals surface area contributed by atoms with Crippen LogP contribution in [0.1, 0.15) is 18.1 Å². The van der Waals surface area contributed by atoms with E-state index in [1.54, 1.807) is 0 Å². The van der Waals surface area contributed by atoms with E-state index in [2.05, 4.69) is 6.08 Å². The van der Waals surface area contributed by atoms with Crippen LogP contribution in [0, 0.1) is 0 Å². The Labute approximate surface area is 145 Å². The molecule has 2 N–H and O–H groups in total. The largest absolute Gasteiger partial charge is 0.503 e. The van der Waals surface area contributed by atoms with Crippen LogP contribution in [-0.2, 0) is 0 Å². The third kappa shape index (κ3) is 7.04. The number of carboxylic acid groups (broad SMARTS) is 2. The molecule has 0 fully saturated rings. The molecule has 0 radical (unpaired) electrons. The van der Waals surface area contributed by atoms with Gasteiger partial charge in [0.2, 0.25) is 0 Å². The SMILES string of the molecule is C/C=C/C=C(c1ccc(Cl)cc1)c1ccc(Cl)cc1.O=C(O)O. The molecular weight excluding hydrogens is 335 g/mol. The lowest BCUT2D eigenvalue weighted by molar-refractivity contribution is 0.137. The Morgan fingerprint density at radius 1 is 0.870 bits per heavy atom. The summed E-state index contributed by atoms with van der Waals surface area (Å²) in [4.78, 5) is 8.56. The average Bonchev–Trinajstić information content (AvgIpc) is 2.50. The van der Waals surface area contributed by atoms with Crippen LogP contribution >= 0.6 is 23.2 Å². The molecular formula is C18H16Cl2O3. The first-order valence-electron chi connectivity index (χ1n) is 6.70. The van der Waals surface area contributed by atoms with Crippen LogP contribution in [0.2, 0.25) is 10.0 Å². The van der Waals surface area contributed by atoms with Crippen molar-refractivity contribution >= 4 is 34.9 Å². The van der Waals surface area contributed by atoms with E-state index in [0.29, 0.717) is 0 Å². The van der Waals surface area contributed by atoms with Crippen LogP contribution in [0.5, 0.6) is 0 Å². The maximum atomic E-state index is 8.56. The molecule has 0 saturated heterocycles. The van der Waals surface area contributed by atoms with Crippen LogP contribution in [0.25, 0.3) is 5.57 Å². The number of allylic oxidation sites excluding steroid dienone is 3. The summed E-state index contributed by atoms with van der Waals surface area (Å²) in [5.41, 5.74) is 3.40. The van der Waals surface area contributed by atoms with Crippen LogP contribution in [-0.4, -0.2) is 16.4 Å². The van der Waals surface area contributed by atoms with Gasteiger partial charge in [0.05, 0.1) is 0 Å². The minimum Gasteiger partial charge on any atom is -0.450 e. The summed E-state index contributed by atoms with van der Waals surface area (Å²) in [5, 5.41) is 15.4. The van der Waals surface area contributed by atoms with Gasteiger partial charge in [-0.05, 0) is 47.9 Å². The van der Waals surface area contributed by atoms with Gasteiger partial charge < -0.3 is 10.2 Å². The fourth-order valence-corrected chi connectivity index (χ4v) is 2.06. The Morgan fingerprint density at radius 3 is 1.52 bits per heavy atom. The van der Waals surface area contributed by atoms with E-state index in [1.807, 2.05) is 67.6 Å². The molecule has 5 heteroatoms. The maximum absolute atomic E-state index is 8.56. The molecule has 0 saturated carbocycles. The van der Waals surface area contributed by atoms with Gasteiger partial charge in [-0.2, -0.15) is 0 Å². The monoisotopic (exact) mass is 350 g/mol. The molecule has 0 unspecified atom stereocenters. The third-order valence-corrected chi connectivity index (χ3v) is 3.27. The van der Waals surface area contributed by atoms with Crippen LogP contribution in [0.3, 0.4) is 0 Å². The Balaban J connectivity index is 0.000000593. The molecule has 0 amide bonds. The zero-order chi connectivity index (χ0) is 17.2. The average molecular weight is 351 g/mol. The third-order valence-electron chi connectivity index (χ3n) is 2.77. The minimum absolute atomic E-state index is 0.741. The summed E-state index contributed by atoms with van der Waals surface area (Å²) in [6.45, 7) is 2.00. The van der Waals surface area contributed by atoms with Gasteiger partial charge in [-0.15, -0.1) is 0 Å². The molecule has 0 aliphatic heterocycles. The molecule has 23 heavy (non-hydrogen) atoms. The lowest BCUT2D eigenvalue weighted by atomic mass is 9.97. The van der Waals surface area contributed by atoms with E-state index in [0.717, 1.165) is 26.7 Å². The van der Waals surface area contributed by atoms with Crippen molar-refractivity contribution in [2.75, 3.05) is 0 Å². The number of halogens is 2. The first-order valence-corrected chi connectivity index (χ1v) is 7.46. The summed E-state index contributed by atoms with van der Waals surface area (Å²) in [7, 11) is 0. The molecule has 2 aromatic carbocycles. The summed E-state index contributed by atoms with van der Waals surface area (Å²) in [5.74, 6) is 0. The topological polar surface area (TPSA) is 57.5 Å². The number of carbonyl (C=O) groups is 1. The van der Waals surface area contributed by atoms with Gasteiger partial charge in [-0.25, -0.2) is 4.79 Å². The van der Waals surface area contributed by atoms with Gasteiger partial charge in [0.25, 0.3) is 0 Å². The van der Waals surface area contributed by atoms with Crippen LogP contribution in [0.15, 0.2) is 66.8 Å². The molecule has 3 nitrogen and oxygen atoms in total. The first-order chi connectivity index (χ1) is 10.9. The molecule has 2 rings (SSSR count). The van der Waals surface area contributed by atoms with Gasteiger partial charge in [0.15, 0.2) is 0 Å². The second-order valence-corrected chi connectivity index (χ2v) is 5.28. The van der Waals surface area contributed by atoms with E-state index in [-0.39, 0.29) is 0 Å². The normalized spacial score (nSPS) is 9.87. The van der Waals surface area contributed by atoms with Gasteiger partial charge >= 0.3 is 6.16 Å². The molecule has 0 spiro atoms. The Kier molecular flexibility index (Phi) is 7.95. The van der Waals surface area contributed by atoms with E-state index in [1.165, 1.54) is 0 Å². The van der Waals surface area contributed by atoms with Gasteiger partial charge in [-0.1, -0.05) is 65.7 Å². The van der Waals surface area contributed by atoms with E-state index in [9.17, 15) is 0 Å². The first kappa shape index (κ1) is 18.8. The fourth-order valence-electron chi connectivity index (χ4n) is 1.81. The number of benzene rings is 2. The van der Waals surface area contributed by atoms with Crippen molar-refractivity contribution in [3.63, 3.8) is 0 Å². The highest BCUT2D eigenvalue weighted by molar-refractivity contribution is 6.31. The highest BCUT2D eigenvalue weighted by Crippen LogP contribution is 2.26. The minimum atomic E-state index is -1.83. The van der Waals surface area contributed by atoms with Crippen LogP contribution in [0.4, 0.5) is 4.79 Å². The summed E-state index contributed by atoms with van der Waals surface area (Å²) in [6.07, 6.45) is 4.29. The van der Waals surface area contributed by atoms with Gasteiger partial charge in [0.1, 0.15) is 0 Å². The molecule has 0 heterocycles. The number of hydrogen-bond donors (Lipinski definition) is 2. The molecule has 120 valence electrons. The van der Waals surface area contributed by atoms with Crippen molar-refractivity contribution in [2.24, 2.45) is 0 Å². The molecule has 2 aromatic rings. The van der Waals surface area contributed by atoms with Crippen molar-refractivity contribution in [3.8, 4) is 0 Å². The quantitative estimate of drug-likeness (QED) is 0.645. The Morgan fingerprint density at radius 2 is 1.22 bits per heavy atom. The zero-order valence-electron chi connectivity index (χ0n) is 12.4. The standard InChI is InChI=1S/C17H14Cl2.CH2O3/c1-2-3-4-17(13-5-9-15(18)10-6-13)14-7-11-16(19)12-8-14;2-1(3)4/h2-12H,1H3;(H2,2,3,4)/b3-2+;. The highest BCUT2D eigenvalue weighted by Gasteiger charge is 2.04. The number of rotatable bonds is 3. The lowest BCUT2D eigenvalue weighted by Crippen LogP contribution is -1.87. The lowest BCUT2D eigenvalue weighted by Gasteiger charge is -2.08. The van der Waals surface area contributed by atoms with Gasteiger partial charge in [0, 0.05) is 10.0 Å². The zero-order valence-corrected chi connectivity index (χ0v) is 13.9. The van der Waals surface area contributed by atoms with Crippen molar-refractivity contribution in [1.82, 2.24) is 0 Å². The summed E-state index contributed by atoms with van der Waals surface area (Å²) in [6, 6.07) is 15.7. The fraction of sp³-hybridized carbons (Fsp3) is 0.0556. The Bertz CT molecular complexity index is 636. The highest BCUT2D eigenvalue weighted by atomic mass is 35.5. The van der Waals surface area contributed by atoms with Crippen molar-refractivity contribution in [3.05, 3.63) is 87.9 Å². The van der Waals surface area contributed by atoms with E-state index < -0.39 is 6.16 Å². The predicted octanol–water partition coefficient (Wildman–Crippen LogP) is 6.22. The molecule has 0 aliphatic carbocycles. The predicted molar refractivity (Wildman–Crippen MR) is 95.5 cm³/mol. The molecule has 0 aliphatic rings. The maximum Gasteiger partial charge on any atom is 0.503 e. The molecule has 0 aromatic heterocycles. The smallest absolute Gasteiger partial charge is 0.450 e. The number of hydrogen-bond acceptors (Lipinski definition) is 1. The van der Waals surface area contributed by atoms with Crippen LogP contribution < -0.4 is 0 Å².